The number of rotatable bonds is 14. The van der Waals surface area contributed by atoms with Gasteiger partial charge in [-0.25, -0.2) is 0 Å². The van der Waals surface area contributed by atoms with Gasteiger partial charge < -0.3 is 14.1 Å². The second kappa shape index (κ2) is 14.0. The molecule has 0 aliphatic rings. The number of carboxylic acids is 1. The summed E-state index contributed by atoms with van der Waals surface area (Å²) in [6.07, 6.45) is 6.36. The van der Waals surface area contributed by atoms with Crippen LogP contribution < -0.4 is 34.7 Å². The number of carbonyl (C=O) groups excluding carboxylic acids is 2. The number of hydrogen-bond donors (Lipinski definition) is 1. The van der Waals surface area contributed by atoms with Crippen LogP contribution in [-0.4, -0.2) is 24.9 Å². The van der Waals surface area contributed by atoms with Gasteiger partial charge in [-0.05, 0) is 12.8 Å². The molecule has 0 aliphatic carbocycles. The summed E-state index contributed by atoms with van der Waals surface area (Å²) in [7, 11) is -4.98. The summed E-state index contributed by atoms with van der Waals surface area (Å²) >= 11 is 0. The molecular weight excluding hydrogens is 359 g/mol. The number of carbonyl (C=O) groups is 2. The predicted octanol–water partition coefficient (Wildman–Crippen LogP) is -0.596. The van der Waals surface area contributed by atoms with E-state index in [-0.39, 0.29) is 42.4 Å². The molecule has 0 aromatic rings. The molecule has 0 spiro atoms. The van der Waals surface area contributed by atoms with Gasteiger partial charge in [-0.3, -0.25) is 9.35 Å². The van der Waals surface area contributed by atoms with Crippen molar-refractivity contribution in [2.24, 2.45) is 5.41 Å². The van der Waals surface area contributed by atoms with Crippen molar-refractivity contribution in [2.45, 2.75) is 84.5 Å². The number of aliphatic carboxylic acids is 1. The molecule has 0 bridgehead atoms. The smallest absolute Gasteiger partial charge is 0.550 e. The van der Waals surface area contributed by atoms with Crippen LogP contribution in [0.2, 0.25) is 0 Å². The number of unbranched alkanes of at least 4 members (excludes halogenated alkanes) is 6. The monoisotopic (exact) mass is 388 g/mol. The minimum atomic E-state index is -4.98. The Bertz CT molecular complexity index is 479. The molecule has 0 atom stereocenters. The molecule has 142 valence electrons. The largest absolute Gasteiger partial charge is 1.00 e. The summed E-state index contributed by atoms with van der Waals surface area (Å²) in [5.41, 5.74) is -1.48. The van der Waals surface area contributed by atoms with Crippen molar-refractivity contribution in [2.75, 3.05) is 0 Å². The third-order valence-corrected chi connectivity index (χ3v) is 4.48. The molecule has 7 nitrogen and oxygen atoms in total. The number of hydrogen-bond acceptors (Lipinski definition) is 6. The quantitative estimate of drug-likeness (QED) is 0.240. The van der Waals surface area contributed by atoms with Crippen molar-refractivity contribution in [3.63, 3.8) is 0 Å². The summed E-state index contributed by atoms with van der Waals surface area (Å²) in [6.45, 7) is 4.04. The van der Waals surface area contributed by atoms with Crippen LogP contribution in [0.25, 0.3) is 0 Å². The first-order valence-electron chi connectivity index (χ1n) is 8.58. The van der Waals surface area contributed by atoms with Crippen LogP contribution >= 0.6 is 0 Å². The van der Waals surface area contributed by atoms with E-state index in [1.54, 1.807) is 0 Å². The fourth-order valence-corrected chi connectivity index (χ4v) is 3.19. The van der Waals surface area contributed by atoms with Gasteiger partial charge in [0, 0.05) is 12.4 Å². The first-order valence-corrected chi connectivity index (χ1v) is 9.94. The standard InChI is InChI=1S/C16H30O7S.Na/c1-3-5-7-9-11-16(13-14(17)18,12-10-8-6-4-2)15(19)23-24(20,21)22;/h3-13H2,1-2H3,(H,17,18)(H,20,21,22);/q;+1/p-1. The molecule has 0 radical (unpaired) electrons. The fourth-order valence-electron chi connectivity index (χ4n) is 2.82. The van der Waals surface area contributed by atoms with E-state index in [9.17, 15) is 23.1 Å². The van der Waals surface area contributed by atoms with Crippen molar-refractivity contribution in [1.29, 1.82) is 0 Å². The van der Waals surface area contributed by atoms with E-state index in [0.29, 0.717) is 12.8 Å². The van der Waals surface area contributed by atoms with Gasteiger partial charge in [-0.15, -0.1) is 0 Å². The van der Waals surface area contributed by atoms with Crippen LogP contribution in [0.4, 0.5) is 0 Å². The zero-order chi connectivity index (χ0) is 18.6. The summed E-state index contributed by atoms with van der Waals surface area (Å²) in [6, 6.07) is 0. The normalized spacial score (nSPS) is 11.6. The second-order valence-electron chi connectivity index (χ2n) is 6.25. The summed E-state index contributed by atoms with van der Waals surface area (Å²) in [4.78, 5) is 23.4. The van der Waals surface area contributed by atoms with E-state index < -0.39 is 34.2 Å². The van der Waals surface area contributed by atoms with E-state index in [1.807, 2.05) is 13.8 Å². The Kier molecular flexibility index (Phi) is 15.1. The molecule has 0 saturated heterocycles. The van der Waals surface area contributed by atoms with Gasteiger partial charge in [0.15, 0.2) is 0 Å². The Morgan fingerprint density at radius 2 is 1.40 bits per heavy atom. The second-order valence-corrected chi connectivity index (χ2v) is 7.27. The third kappa shape index (κ3) is 12.8. The summed E-state index contributed by atoms with van der Waals surface area (Å²) < 4.78 is 34.6. The average molecular weight is 388 g/mol. The molecule has 0 aromatic carbocycles. The first-order chi connectivity index (χ1) is 11.2. The van der Waals surface area contributed by atoms with Gasteiger partial charge in [0.1, 0.15) is 0 Å². The van der Waals surface area contributed by atoms with Crippen LogP contribution in [0.3, 0.4) is 0 Å². The van der Waals surface area contributed by atoms with Crippen LogP contribution in [0.1, 0.15) is 84.5 Å². The summed E-state index contributed by atoms with van der Waals surface area (Å²) in [5, 5.41) is 11.1. The molecule has 0 heterocycles. The van der Waals surface area contributed by atoms with Gasteiger partial charge in [-0.2, -0.15) is 8.42 Å². The third-order valence-electron chi connectivity index (χ3n) is 4.11. The van der Waals surface area contributed by atoms with Gasteiger partial charge >= 0.3 is 45.9 Å². The van der Waals surface area contributed by atoms with Crippen molar-refractivity contribution in [3.05, 3.63) is 0 Å². The minimum Gasteiger partial charge on any atom is -0.550 e. The Labute approximate surface area is 173 Å². The maximum absolute atomic E-state index is 12.3. The zero-order valence-corrected chi connectivity index (χ0v) is 18.4. The molecular formula is C16H29NaO7S. The molecule has 0 aliphatic heterocycles. The minimum absolute atomic E-state index is 0. The maximum atomic E-state index is 12.3. The molecule has 0 amide bonds. The van der Waals surface area contributed by atoms with E-state index in [0.717, 1.165) is 38.5 Å². The van der Waals surface area contributed by atoms with Crippen LogP contribution in [0, 0.1) is 5.41 Å². The van der Waals surface area contributed by atoms with E-state index in [1.165, 1.54) is 0 Å². The molecule has 9 heteroatoms. The maximum Gasteiger partial charge on any atom is 1.00 e. The molecule has 0 fully saturated rings. The molecule has 0 saturated carbocycles. The van der Waals surface area contributed by atoms with Crippen molar-refractivity contribution < 1.29 is 61.4 Å². The fraction of sp³-hybridized carbons (Fsp3) is 0.875. The topological polar surface area (TPSA) is 121 Å². The Morgan fingerprint density at radius 1 is 0.960 bits per heavy atom. The van der Waals surface area contributed by atoms with Crippen LogP contribution in [-0.2, 0) is 24.2 Å². The molecule has 25 heavy (non-hydrogen) atoms. The predicted molar refractivity (Wildman–Crippen MR) is 87.2 cm³/mol. The number of carboxylic acid groups (broad SMARTS) is 1. The SMILES string of the molecule is CCCCCCC(CCCCCC)(CC(=O)[O-])C(=O)OS(=O)(=O)O.[Na+]. The molecule has 0 rings (SSSR count). The molecule has 0 aromatic heterocycles. The first kappa shape index (κ1) is 27.1. The molecule has 0 unspecified atom stereocenters. The van der Waals surface area contributed by atoms with Gasteiger partial charge in [-0.1, -0.05) is 65.2 Å². The van der Waals surface area contributed by atoms with Crippen LogP contribution in [0.5, 0.6) is 0 Å². The van der Waals surface area contributed by atoms with Crippen molar-refractivity contribution >= 4 is 22.3 Å². The van der Waals surface area contributed by atoms with E-state index >= 15 is 0 Å². The Hall–Kier alpha value is -0.150. The van der Waals surface area contributed by atoms with Crippen molar-refractivity contribution in [3.8, 4) is 0 Å². The van der Waals surface area contributed by atoms with Crippen molar-refractivity contribution in [1.82, 2.24) is 0 Å². The van der Waals surface area contributed by atoms with Gasteiger partial charge in [0.05, 0.1) is 5.41 Å². The Balaban J connectivity index is 0. The zero-order valence-electron chi connectivity index (χ0n) is 15.6. The molecule has 1 N–H and O–H groups in total. The summed E-state index contributed by atoms with van der Waals surface area (Å²) in [5.74, 6) is -2.64. The van der Waals surface area contributed by atoms with Gasteiger partial charge in [0.2, 0.25) is 0 Å². The van der Waals surface area contributed by atoms with E-state index in [2.05, 4.69) is 4.18 Å². The van der Waals surface area contributed by atoms with Gasteiger partial charge in [0.25, 0.3) is 0 Å². The van der Waals surface area contributed by atoms with Crippen LogP contribution in [0.15, 0.2) is 0 Å². The van der Waals surface area contributed by atoms with E-state index in [4.69, 9.17) is 4.55 Å². The average Bonchev–Trinajstić information content (AvgIpc) is 2.45. The Morgan fingerprint density at radius 3 is 1.72 bits per heavy atom.